The zero-order valence-corrected chi connectivity index (χ0v) is 13.9. The lowest BCUT2D eigenvalue weighted by Crippen LogP contribution is -1.98. The van der Waals surface area contributed by atoms with Gasteiger partial charge in [0.15, 0.2) is 5.65 Å². The number of aromatic nitrogens is 3. The third kappa shape index (κ3) is 2.70. The Balaban J connectivity index is 1.97. The van der Waals surface area contributed by atoms with Crippen LogP contribution >= 0.6 is 0 Å². The summed E-state index contributed by atoms with van der Waals surface area (Å²) >= 11 is 0. The molecule has 0 aliphatic rings. The van der Waals surface area contributed by atoms with Gasteiger partial charge in [-0.1, -0.05) is 36.4 Å². The van der Waals surface area contributed by atoms with Crippen molar-refractivity contribution in [2.24, 2.45) is 0 Å². The first-order chi connectivity index (χ1) is 12.3. The van der Waals surface area contributed by atoms with E-state index in [1.165, 1.54) is 6.33 Å². The molecule has 5 heteroatoms. The zero-order chi connectivity index (χ0) is 17.2. The van der Waals surface area contributed by atoms with E-state index in [9.17, 15) is 0 Å². The number of nitrogen functional groups attached to an aromatic ring is 1. The van der Waals surface area contributed by atoms with Crippen LogP contribution in [0.5, 0.6) is 5.75 Å². The first-order valence-electron chi connectivity index (χ1n) is 8.18. The van der Waals surface area contributed by atoms with E-state index < -0.39 is 0 Å². The summed E-state index contributed by atoms with van der Waals surface area (Å²) in [4.78, 5) is 8.65. The second-order valence-electron chi connectivity index (χ2n) is 5.67. The van der Waals surface area contributed by atoms with Gasteiger partial charge in [-0.15, -0.1) is 0 Å². The van der Waals surface area contributed by atoms with Gasteiger partial charge in [0.05, 0.1) is 17.7 Å². The number of nitrogens with zero attached hydrogens (tertiary/aromatic N) is 3. The predicted molar refractivity (Wildman–Crippen MR) is 99.9 cm³/mol. The van der Waals surface area contributed by atoms with E-state index in [1.807, 2.05) is 54.0 Å². The molecule has 0 aliphatic heterocycles. The monoisotopic (exact) mass is 330 g/mol. The minimum atomic E-state index is 0.476. The molecule has 0 atom stereocenters. The summed E-state index contributed by atoms with van der Waals surface area (Å²) in [5.41, 5.74) is 10.0. The number of anilines is 1. The van der Waals surface area contributed by atoms with Crippen molar-refractivity contribution in [1.82, 2.24) is 14.5 Å². The second-order valence-corrected chi connectivity index (χ2v) is 5.67. The molecular weight excluding hydrogens is 312 g/mol. The molecule has 2 N–H and O–H groups in total. The van der Waals surface area contributed by atoms with E-state index in [0.29, 0.717) is 12.4 Å². The largest absolute Gasteiger partial charge is 0.494 e. The number of benzene rings is 2. The summed E-state index contributed by atoms with van der Waals surface area (Å²) in [5.74, 6) is 1.30. The van der Waals surface area contributed by atoms with Crippen molar-refractivity contribution in [3.8, 4) is 22.6 Å². The predicted octanol–water partition coefficient (Wildman–Crippen LogP) is 4.07. The molecule has 0 spiro atoms. The van der Waals surface area contributed by atoms with Gasteiger partial charge in [-0.05, 0) is 24.6 Å². The first-order valence-corrected chi connectivity index (χ1v) is 8.18. The standard InChI is InChI=1S/C20H18N4O/c1-2-25-16-10-6-9-15(11-16)24-12-17(14-7-4-3-5-8-14)18-19(21)22-13-23-20(18)24/h3-13H,2H2,1H3,(H2,21,22,23). The van der Waals surface area contributed by atoms with Crippen molar-refractivity contribution in [2.75, 3.05) is 12.3 Å². The van der Waals surface area contributed by atoms with E-state index >= 15 is 0 Å². The number of fused-ring (bicyclic) bond motifs is 1. The molecule has 25 heavy (non-hydrogen) atoms. The Kier molecular flexibility index (Phi) is 3.82. The average molecular weight is 330 g/mol. The number of rotatable bonds is 4. The van der Waals surface area contributed by atoms with Gasteiger partial charge >= 0.3 is 0 Å². The normalized spacial score (nSPS) is 10.9. The highest BCUT2D eigenvalue weighted by Crippen LogP contribution is 2.34. The molecule has 0 amide bonds. The molecule has 0 bridgehead atoms. The Morgan fingerprint density at radius 3 is 2.68 bits per heavy atom. The van der Waals surface area contributed by atoms with Gasteiger partial charge in [0.2, 0.25) is 0 Å². The zero-order valence-electron chi connectivity index (χ0n) is 13.9. The number of ether oxygens (including phenoxy) is 1. The molecule has 2 aromatic heterocycles. The van der Waals surface area contributed by atoms with Gasteiger partial charge in [0, 0.05) is 17.8 Å². The average Bonchev–Trinajstić information content (AvgIpc) is 3.04. The van der Waals surface area contributed by atoms with E-state index in [1.54, 1.807) is 0 Å². The van der Waals surface area contributed by atoms with Gasteiger partial charge in [-0.25, -0.2) is 9.97 Å². The molecule has 124 valence electrons. The van der Waals surface area contributed by atoms with Crippen LogP contribution in [0.4, 0.5) is 5.82 Å². The third-order valence-electron chi connectivity index (χ3n) is 4.10. The highest BCUT2D eigenvalue weighted by atomic mass is 16.5. The molecule has 4 rings (SSSR count). The minimum Gasteiger partial charge on any atom is -0.494 e. The van der Waals surface area contributed by atoms with Gasteiger partial charge in [-0.3, -0.25) is 0 Å². The summed E-state index contributed by atoms with van der Waals surface area (Å²) in [6.07, 6.45) is 3.55. The fourth-order valence-corrected chi connectivity index (χ4v) is 3.01. The van der Waals surface area contributed by atoms with Crippen LogP contribution in [0.1, 0.15) is 6.92 Å². The maximum absolute atomic E-state index is 6.17. The lowest BCUT2D eigenvalue weighted by atomic mass is 10.1. The molecule has 2 aromatic carbocycles. The maximum atomic E-state index is 6.17. The molecule has 0 saturated carbocycles. The summed E-state index contributed by atoms with van der Waals surface area (Å²) in [6.45, 7) is 2.60. The Morgan fingerprint density at radius 1 is 1.04 bits per heavy atom. The summed E-state index contributed by atoms with van der Waals surface area (Å²) < 4.78 is 7.65. The SMILES string of the molecule is CCOc1cccc(-n2cc(-c3ccccc3)c3c(N)ncnc32)c1. The van der Waals surface area contributed by atoms with Crippen molar-refractivity contribution in [2.45, 2.75) is 6.92 Å². The highest BCUT2D eigenvalue weighted by molar-refractivity contribution is 6.01. The van der Waals surface area contributed by atoms with E-state index in [0.717, 1.165) is 33.6 Å². The molecular formula is C20H18N4O. The Morgan fingerprint density at radius 2 is 1.88 bits per heavy atom. The van der Waals surface area contributed by atoms with Crippen molar-refractivity contribution in [3.05, 3.63) is 67.1 Å². The molecule has 0 radical (unpaired) electrons. The van der Waals surface area contributed by atoms with Crippen molar-refractivity contribution < 1.29 is 4.74 Å². The topological polar surface area (TPSA) is 66.0 Å². The van der Waals surface area contributed by atoms with E-state index in [4.69, 9.17) is 10.5 Å². The minimum absolute atomic E-state index is 0.476. The molecule has 4 aromatic rings. The molecule has 5 nitrogen and oxygen atoms in total. The summed E-state index contributed by atoms with van der Waals surface area (Å²) in [7, 11) is 0. The van der Waals surface area contributed by atoms with Crippen molar-refractivity contribution in [3.63, 3.8) is 0 Å². The van der Waals surface area contributed by atoms with Crippen LogP contribution in [0.15, 0.2) is 67.1 Å². The van der Waals surface area contributed by atoms with Gasteiger partial charge in [0.1, 0.15) is 17.9 Å². The Hall–Kier alpha value is -3.34. The lowest BCUT2D eigenvalue weighted by molar-refractivity contribution is 0.340. The fraction of sp³-hybridized carbons (Fsp3) is 0.100. The lowest BCUT2D eigenvalue weighted by Gasteiger charge is -2.08. The fourth-order valence-electron chi connectivity index (χ4n) is 3.01. The second kappa shape index (κ2) is 6.28. The quantitative estimate of drug-likeness (QED) is 0.612. The Bertz CT molecular complexity index is 1020. The molecule has 0 aliphatic carbocycles. The number of hydrogen-bond acceptors (Lipinski definition) is 4. The van der Waals surface area contributed by atoms with Crippen LogP contribution in [0.2, 0.25) is 0 Å². The van der Waals surface area contributed by atoms with Crippen LogP contribution in [0, 0.1) is 0 Å². The van der Waals surface area contributed by atoms with Crippen LogP contribution in [0.25, 0.3) is 27.8 Å². The third-order valence-corrected chi connectivity index (χ3v) is 4.10. The summed E-state index contributed by atoms with van der Waals surface area (Å²) in [6, 6.07) is 18.1. The molecule has 0 unspecified atom stereocenters. The number of hydrogen-bond donors (Lipinski definition) is 1. The van der Waals surface area contributed by atoms with Crippen molar-refractivity contribution in [1.29, 1.82) is 0 Å². The molecule has 0 saturated heterocycles. The van der Waals surface area contributed by atoms with Crippen LogP contribution in [-0.4, -0.2) is 21.1 Å². The molecule has 2 heterocycles. The van der Waals surface area contributed by atoms with Gasteiger partial charge < -0.3 is 15.0 Å². The van der Waals surface area contributed by atoms with Crippen LogP contribution < -0.4 is 10.5 Å². The maximum Gasteiger partial charge on any atom is 0.150 e. The smallest absolute Gasteiger partial charge is 0.150 e. The first kappa shape index (κ1) is 15.2. The Labute approximate surface area is 145 Å². The van der Waals surface area contributed by atoms with E-state index in [-0.39, 0.29) is 0 Å². The van der Waals surface area contributed by atoms with Crippen LogP contribution in [0.3, 0.4) is 0 Å². The number of nitrogens with two attached hydrogens (primary N) is 1. The summed E-state index contributed by atoms with van der Waals surface area (Å²) in [5, 5.41) is 0.857. The highest BCUT2D eigenvalue weighted by Gasteiger charge is 2.16. The van der Waals surface area contributed by atoms with Crippen LogP contribution in [-0.2, 0) is 0 Å². The van der Waals surface area contributed by atoms with Crippen molar-refractivity contribution >= 4 is 16.9 Å². The van der Waals surface area contributed by atoms with Gasteiger partial charge in [-0.2, -0.15) is 0 Å². The van der Waals surface area contributed by atoms with E-state index in [2.05, 4.69) is 28.3 Å². The van der Waals surface area contributed by atoms with Gasteiger partial charge in [0.25, 0.3) is 0 Å². The molecule has 0 fully saturated rings.